The van der Waals surface area contributed by atoms with Crippen molar-refractivity contribution in [2.45, 2.75) is 37.3 Å². The second kappa shape index (κ2) is 7.49. The zero-order valence-electron chi connectivity index (χ0n) is 13.2. The number of amides is 1. The van der Waals surface area contributed by atoms with Crippen LogP contribution >= 0.6 is 11.8 Å². The average Bonchev–Trinajstić information content (AvgIpc) is 2.62. The van der Waals surface area contributed by atoms with Crippen LogP contribution in [0, 0.1) is 0 Å². The van der Waals surface area contributed by atoms with Crippen molar-refractivity contribution in [1.82, 2.24) is 0 Å². The minimum Gasteiger partial charge on any atom is -0.452 e. The van der Waals surface area contributed by atoms with Crippen LogP contribution in [0.25, 0.3) is 0 Å². The summed E-state index contributed by atoms with van der Waals surface area (Å²) in [6, 6.07) is 7.86. The van der Waals surface area contributed by atoms with Crippen molar-refractivity contribution in [3.8, 4) is 0 Å². The molecule has 0 N–H and O–H groups in total. The first-order valence-corrected chi connectivity index (χ1v) is 8.23. The summed E-state index contributed by atoms with van der Waals surface area (Å²) in [4.78, 5) is 26.8. The number of ether oxygens (including phenoxy) is 1. The van der Waals surface area contributed by atoms with E-state index in [1.165, 1.54) is 6.08 Å². The summed E-state index contributed by atoms with van der Waals surface area (Å²) < 4.78 is 5.04. The lowest BCUT2D eigenvalue weighted by Crippen LogP contribution is -2.35. The fourth-order valence-electron chi connectivity index (χ4n) is 2.23. The molecule has 2 rings (SSSR count). The molecule has 0 aliphatic carbocycles. The Bertz CT molecular complexity index is 593. The number of hydrogen-bond acceptors (Lipinski definition) is 4. The normalized spacial score (nSPS) is 17.2. The van der Waals surface area contributed by atoms with E-state index in [9.17, 15) is 9.59 Å². The second-order valence-electron chi connectivity index (χ2n) is 5.56. The van der Waals surface area contributed by atoms with E-state index in [0.29, 0.717) is 11.8 Å². The number of rotatable bonds is 3. The predicted octanol–water partition coefficient (Wildman–Crippen LogP) is 3.41. The van der Waals surface area contributed by atoms with Gasteiger partial charge in [0.05, 0.1) is 5.69 Å². The predicted molar refractivity (Wildman–Crippen MR) is 89.1 cm³/mol. The van der Waals surface area contributed by atoms with Crippen LogP contribution in [-0.2, 0) is 14.3 Å². The summed E-state index contributed by atoms with van der Waals surface area (Å²) in [5.74, 6) is -0.656. The Labute approximate surface area is 135 Å². The average molecular weight is 319 g/mol. The Morgan fingerprint density at radius 2 is 2.09 bits per heavy atom. The fraction of sp³-hybridized carbons (Fsp3) is 0.412. The molecule has 0 radical (unpaired) electrons. The van der Waals surface area contributed by atoms with Crippen LogP contribution in [0.1, 0.15) is 27.2 Å². The molecule has 1 aliphatic heterocycles. The first kappa shape index (κ1) is 16.6. The Balaban J connectivity index is 2.09. The van der Waals surface area contributed by atoms with Crippen LogP contribution in [0.3, 0.4) is 0 Å². The number of fused-ring (bicyclic) bond motifs is 1. The maximum Gasteiger partial charge on any atom is 0.331 e. The molecule has 1 amide bonds. The highest BCUT2D eigenvalue weighted by atomic mass is 32.2. The van der Waals surface area contributed by atoms with Gasteiger partial charge in [0.15, 0.2) is 6.61 Å². The minimum absolute atomic E-state index is 0.183. The summed E-state index contributed by atoms with van der Waals surface area (Å²) in [5.41, 5.74) is 1.75. The number of allylic oxidation sites excluding steroid dienone is 1. The molecule has 0 saturated heterocycles. The van der Waals surface area contributed by atoms with Crippen molar-refractivity contribution in [3.63, 3.8) is 0 Å². The third kappa shape index (κ3) is 4.37. The maximum atomic E-state index is 12.4. The van der Waals surface area contributed by atoms with Crippen molar-refractivity contribution >= 4 is 29.3 Å². The zero-order valence-corrected chi connectivity index (χ0v) is 14.0. The Morgan fingerprint density at radius 1 is 1.36 bits per heavy atom. The summed E-state index contributed by atoms with van der Waals surface area (Å²) in [6.45, 7) is 6.20. The van der Waals surface area contributed by atoms with E-state index < -0.39 is 5.97 Å². The van der Waals surface area contributed by atoms with Gasteiger partial charge >= 0.3 is 5.97 Å². The molecule has 1 aromatic rings. The van der Waals surface area contributed by atoms with Crippen molar-refractivity contribution in [1.29, 1.82) is 0 Å². The van der Waals surface area contributed by atoms with E-state index in [-0.39, 0.29) is 12.5 Å². The van der Waals surface area contributed by atoms with Crippen LogP contribution in [-0.4, -0.2) is 30.3 Å². The Hall–Kier alpha value is -1.75. The van der Waals surface area contributed by atoms with Gasteiger partial charge in [0, 0.05) is 22.8 Å². The fourth-order valence-corrected chi connectivity index (χ4v) is 3.35. The molecule has 0 bridgehead atoms. The van der Waals surface area contributed by atoms with E-state index in [1.807, 2.05) is 38.1 Å². The largest absolute Gasteiger partial charge is 0.452 e. The highest BCUT2D eigenvalue weighted by Crippen LogP contribution is 2.37. The van der Waals surface area contributed by atoms with Gasteiger partial charge in [-0.05, 0) is 32.4 Å². The molecule has 118 valence electrons. The molecule has 4 nitrogen and oxygen atoms in total. The lowest BCUT2D eigenvalue weighted by atomic mass is 10.2. The number of anilines is 1. The van der Waals surface area contributed by atoms with Gasteiger partial charge in [-0.2, -0.15) is 0 Å². The number of thioether (sulfide) groups is 1. The molecule has 0 saturated carbocycles. The Morgan fingerprint density at radius 3 is 2.82 bits per heavy atom. The summed E-state index contributed by atoms with van der Waals surface area (Å²) >= 11 is 1.78. The van der Waals surface area contributed by atoms with Crippen LogP contribution < -0.4 is 4.90 Å². The SMILES string of the molecule is CC(C)=CC(=O)OCC(=O)N1CC[C@H](C)Sc2ccccc21. The highest BCUT2D eigenvalue weighted by molar-refractivity contribution is 8.00. The molecule has 22 heavy (non-hydrogen) atoms. The number of carbonyl (C=O) groups is 2. The summed E-state index contributed by atoms with van der Waals surface area (Å²) in [5, 5.41) is 0.451. The molecule has 0 unspecified atom stereocenters. The van der Waals surface area contributed by atoms with Crippen LogP contribution in [0.4, 0.5) is 5.69 Å². The number of para-hydroxylation sites is 1. The molecule has 1 heterocycles. The topological polar surface area (TPSA) is 46.6 Å². The summed E-state index contributed by atoms with van der Waals surface area (Å²) in [6.07, 6.45) is 2.30. The number of benzene rings is 1. The number of hydrogen-bond donors (Lipinski definition) is 0. The van der Waals surface area contributed by atoms with Crippen molar-refractivity contribution in [2.24, 2.45) is 0 Å². The van der Waals surface area contributed by atoms with Gasteiger partial charge < -0.3 is 9.64 Å². The second-order valence-corrected chi connectivity index (χ2v) is 7.04. The van der Waals surface area contributed by atoms with Gasteiger partial charge in [-0.15, -0.1) is 11.8 Å². The van der Waals surface area contributed by atoms with Crippen molar-refractivity contribution in [2.75, 3.05) is 18.1 Å². The molecule has 0 aromatic heterocycles. The van der Waals surface area contributed by atoms with Gasteiger partial charge in [-0.3, -0.25) is 4.79 Å². The van der Waals surface area contributed by atoms with Crippen molar-refractivity contribution < 1.29 is 14.3 Å². The standard InChI is InChI=1S/C17H21NO3S/c1-12(2)10-17(20)21-11-16(19)18-9-8-13(3)22-15-7-5-4-6-14(15)18/h4-7,10,13H,8-9,11H2,1-3H3/t13-/m0/s1. The van der Waals surface area contributed by atoms with E-state index >= 15 is 0 Å². The lowest BCUT2D eigenvalue weighted by molar-refractivity contribution is -0.143. The molecule has 1 aliphatic rings. The molecular weight excluding hydrogens is 298 g/mol. The van der Waals surface area contributed by atoms with Crippen LogP contribution in [0.5, 0.6) is 0 Å². The van der Waals surface area contributed by atoms with E-state index in [2.05, 4.69) is 6.92 Å². The monoisotopic (exact) mass is 319 g/mol. The molecule has 1 atom stereocenters. The molecule has 0 spiro atoms. The smallest absolute Gasteiger partial charge is 0.331 e. The first-order chi connectivity index (χ1) is 10.5. The van der Waals surface area contributed by atoms with Crippen molar-refractivity contribution in [3.05, 3.63) is 35.9 Å². The minimum atomic E-state index is -0.473. The van der Waals surface area contributed by atoms with Gasteiger partial charge in [-0.1, -0.05) is 24.6 Å². The highest BCUT2D eigenvalue weighted by Gasteiger charge is 2.24. The van der Waals surface area contributed by atoms with E-state index in [4.69, 9.17) is 4.74 Å². The number of nitrogens with zero attached hydrogens (tertiary/aromatic N) is 1. The van der Waals surface area contributed by atoms with Gasteiger partial charge in [0.25, 0.3) is 5.91 Å². The van der Waals surface area contributed by atoms with Crippen LogP contribution in [0.2, 0.25) is 0 Å². The van der Waals surface area contributed by atoms with E-state index in [1.54, 1.807) is 16.7 Å². The third-order valence-corrected chi connectivity index (χ3v) is 4.53. The molecular formula is C17H21NO3S. The number of carbonyl (C=O) groups excluding carboxylic acids is 2. The van der Waals surface area contributed by atoms with Gasteiger partial charge in [0.1, 0.15) is 0 Å². The Kier molecular flexibility index (Phi) is 5.66. The molecule has 5 heteroatoms. The molecule has 1 aromatic carbocycles. The first-order valence-electron chi connectivity index (χ1n) is 7.35. The van der Waals surface area contributed by atoms with E-state index in [0.717, 1.165) is 22.6 Å². The third-order valence-electron chi connectivity index (χ3n) is 3.29. The molecule has 0 fully saturated rings. The quantitative estimate of drug-likeness (QED) is 0.633. The maximum absolute atomic E-state index is 12.4. The lowest BCUT2D eigenvalue weighted by Gasteiger charge is -2.22. The zero-order chi connectivity index (χ0) is 16.1. The van der Waals surface area contributed by atoms with Crippen LogP contribution in [0.15, 0.2) is 40.8 Å². The number of esters is 1. The van der Waals surface area contributed by atoms with Gasteiger partial charge in [-0.25, -0.2) is 4.79 Å². The summed E-state index contributed by atoms with van der Waals surface area (Å²) in [7, 11) is 0. The van der Waals surface area contributed by atoms with Gasteiger partial charge in [0.2, 0.25) is 0 Å².